The third-order valence-corrected chi connectivity index (χ3v) is 2.97. The summed E-state index contributed by atoms with van der Waals surface area (Å²) in [5, 5.41) is 2.66. The van der Waals surface area contributed by atoms with Gasteiger partial charge < -0.3 is 19.5 Å². The second-order valence-electron chi connectivity index (χ2n) is 5.18. The van der Waals surface area contributed by atoms with Gasteiger partial charge in [-0.3, -0.25) is 0 Å². The number of nitrogens with one attached hydrogen (secondary N) is 1. The smallest absolute Gasteiger partial charge is 0.350 e. The predicted octanol–water partition coefficient (Wildman–Crippen LogP) is 2.27. The van der Waals surface area contributed by atoms with Crippen molar-refractivity contribution in [1.29, 1.82) is 0 Å². The lowest BCUT2D eigenvalue weighted by Gasteiger charge is -2.29. The van der Waals surface area contributed by atoms with Crippen LogP contribution in [0.15, 0.2) is 23.9 Å². The molecule has 118 valence electrons. The molecule has 0 amide bonds. The Hall–Kier alpha value is -2.57. The number of methoxy groups -OCH3 is 1. The number of carbonyl (C=O) groups is 2. The van der Waals surface area contributed by atoms with Crippen molar-refractivity contribution >= 4 is 17.6 Å². The van der Waals surface area contributed by atoms with Crippen LogP contribution >= 0.6 is 0 Å². The number of carbonyl (C=O) groups excluding carboxylic acids is 2. The average Bonchev–Trinajstić information content (AvgIpc) is 2.40. The van der Waals surface area contributed by atoms with Crippen LogP contribution < -0.4 is 10.1 Å². The summed E-state index contributed by atoms with van der Waals surface area (Å²) in [5.74, 6) is -3.02. The van der Waals surface area contributed by atoms with Crippen molar-refractivity contribution in [2.24, 2.45) is 0 Å². The van der Waals surface area contributed by atoms with Gasteiger partial charge in [-0.2, -0.15) is 0 Å². The molecule has 0 unspecified atom stereocenters. The number of cyclic esters (lactones) is 2. The van der Waals surface area contributed by atoms with E-state index in [2.05, 4.69) is 5.32 Å². The van der Waals surface area contributed by atoms with Crippen LogP contribution in [0.25, 0.3) is 0 Å². The molecule has 1 N–H and O–H groups in total. The van der Waals surface area contributed by atoms with Gasteiger partial charge in [0.25, 0.3) is 5.79 Å². The molecule has 1 aromatic rings. The second-order valence-corrected chi connectivity index (χ2v) is 5.18. The molecule has 6 nitrogen and oxygen atoms in total. The Balaban J connectivity index is 2.27. The molecule has 22 heavy (non-hydrogen) atoms. The highest BCUT2D eigenvalue weighted by molar-refractivity contribution is 6.15. The molecule has 0 saturated carbocycles. The normalized spacial score (nSPS) is 16.7. The quantitative estimate of drug-likeness (QED) is 0.524. The van der Waals surface area contributed by atoms with Crippen LogP contribution in [0, 0.1) is 12.7 Å². The monoisotopic (exact) mass is 309 g/mol. The first kappa shape index (κ1) is 15.8. The van der Waals surface area contributed by atoms with Crippen LogP contribution in [-0.4, -0.2) is 24.8 Å². The van der Waals surface area contributed by atoms with Crippen molar-refractivity contribution in [1.82, 2.24) is 0 Å². The molecule has 1 heterocycles. The number of anilines is 1. The van der Waals surface area contributed by atoms with Crippen LogP contribution in [0.2, 0.25) is 0 Å². The van der Waals surface area contributed by atoms with E-state index in [1.807, 2.05) is 0 Å². The molecule has 1 saturated heterocycles. The summed E-state index contributed by atoms with van der Waals surface area (Å²) < 4.78 is 28.6. The van der Waals surface area contributed by atoms with Gasteiger partial charge in [0.15, 0.2) is 5.57 Å². The third-order valence-electron chi connectivity index (χ3n) is 2.97. The van der Waals surface area contributed by atoms with E-state index in [9.17, 15) is 14.0 Å². The first-order chi connectivity index (χ1) is 10.2. The summed E-state index contributed by atoms with van der Waals surface area (Å²) in [6.45, 7) is 4.49. The second kappa shape index (κ2) is 5.67. The summed E-state index contributed by atoms with van der Waals surface area (Å²) in [6, 6.07) is 2.70. The van der Waals surface area contributed by atoms with Crippen molar-refractivity contribution in [3.05, 3.63) is 35.3 Å². The summed E-state index contributed by atoms with van der Waals surface area (Å²) in [4.78, 5) is 23.6. The SMILES string of the molecule is COc1cc(C)c(F)cc1NC=C1C(=O)OC(C)(C)OC1=O. The maximum Gasteiger partial charge on any atom is 0.350 e. The van der Waals surface area contributed by atoms with Crippen LogP contribution in [-0.2, 0) is 19.1 Å². The first-order valence-electron chi connectivity index (χ1n) is 6.51. The highest BCUT2D eigenvalue weighted by atomic mass is 19.1. The van der Waals surface area contributed by atoms with Crippen molar-refractivity contribution in [2.75, 3.05) is 12.4 Å². The average molecular weight is 309 g/mol. The lowest BCUT2D eigenvalue weighted by atomic mass is 10.2. The molecule has 1 fully saturated rings. The van der Waals surface area contributed by atoms with Gasteiger partial charge in [-0.1, -0.05) is 0 Å². The summed E-state index contributed by atoms with van der Waals surface area (Å²) in [5.41, 5.74) is 0.360. The largest absolute Gasteiger partial charge is 0.495 e. The maximum absolute atomic E-state index is 13.6. The van der Waals surface area contributed by atoms with E-state index < -0.39 is 23.5 Å². The molecular formula is C15H16FNO5. The first-order valence-corrected chi connectivity index (χ1v) is 6.51. The van der Waals surface area contributed by atoms with Crippen LogP contribution in [0.3, 0.4) is 0 Å². The van der Waals surface area contributed by atoms with Gasteiger partial charge in [-0.05, 0) is 18.6 Å². The zero-order valence-corrected chi connectivity index (χ0v) is 12.7. The molecule has 1 aliphatic heterocycles. The standard InChI is InChI=1S/C15H16FNO5/c1-8-5-12(20-4)11(6-10(8)16)17-7-9-13(18)21-15(2,3)22-14(9)19/h5-7,17H,1-4H3. The number of ether oxygens (including phenoxy) is 3. The fourth-order valence-corrected chi connectivity index (χ4v) is 1.87. The summed E-state index contributed by atoms with van der Waals surface area (Å²) in [7, 11) is 1.43. The van der Waals surface area contributed by atoms with Crippen molar-refractivity contribution < 1.29 is 28.2 Å². The number of rotatable bonds is 3. The molecule has 0 atom stereocenters. The molecule has 7 heteroatoms. The highest BCUT2D eigenvalue weighted by Crippen LogP contribution is 2.28. The minimum absolute atomic E-state index is 0.267. The van der Waals surface area contributed by atoms with Crippen LogP contribution in [0.4, 0.5) is 10.1 Å². The Morgan fingerprint density at radius 2 is 1.82 bits per heavy atom. The van der Waals surface area contributed by atoms with E-state index in [0.29, 0.717) is 11.3 Å². The van der Waals surface area contributed by atoms with Gasteiger partial charge in [0.05, 0.1) is 12.8 Å². The Bertz CT molecular complexity index is 644. The fraction of sp³-hybridized carbons (Fsp3) is 0.333. The van der Waals surface area contributed by atoms with Gasteiger partial charge in [-0.25, -0.2) is 14.0 Å². The molecule has 2 rings (SSSR count). The van der Waals surface area contributed by atoms with Gasteiger partial charge in [0, 0.05) is 26.1 Å². The molecule has 0 spiro atoms. The molecular weight excluding hydrogens is 293 g/mol. The van der Waals surface area contributed by atoms with Gasteiger partial charge in [0.2, 0.25) is 0 Å². The minimum Gasteiger partial charge on any atom is -0.495 e. The van der Waals surface area contributed by atoms with E-state index in [0.717, 1.165) is 6.20 Å². The highest BCUT2D eigenvalue weighted by Gasteiger charge is 2.38. The van der Waals surface area contributed by atoms with Gasteiger partial charge in [-0.15, -0.1) is 0 Å². The molecule has 0 aliphatic carbocycles. The zero-order chi connectivity index (χ0) is 16.5. The van der Waals surface area contributed by atoms with Crippen LogP contribution in [0.5, 0.6) is 5.75 Å². The number of halogens is 1. The van der Waals surface area contributed by atoms with Gasteiger partial charge in [0.1, 0.15) is 11.6 Å². The summed E-state index contributed by atoms with van der Waals surface area (Å²) in [6.07, 6.45) is 1.10. The topological polar surface area (TPSA) is 73.9 Å². The van der Waals surface area contributed by atoms with E-state index in [4.69, 9.17) is 14.2 Å². The van der Waals surface area contributed by atoms with E-state index in [1.54, 1.807) is 6.92 Å². The Labute approximate surface area is 126 Å². The minimum atomic E-state index is -1.31. The molecule has 0 radical (unpaired) electrons. The predicted molar refractivity (Wildman–Crippen MR) is 75.7 cm³/mol. The number of hydrogen-bond donors (Lipinski definition) is 1. The van der Waals surface area contributed by atoms with E-state index in [1.165, 1.54) is 33.1 Å². The maximum atomic E-state index is 13.6. The van der Waals surface area contributed by atoms with Crippen molar-refractivity contribution in [3.8, 4) is 5.75 Å². The Kier molecular flexibility index (Phi) is 4.07. The van der Waals surface area contributed by atoms with E-state index in [-0.39, 0.29) is 11.3 Å². The van der Waals surface area contributed by atoms with Crippen molar-refractivity contribution in [2.45, 2.75) is 26.6 Å². The number of benzene rings is 1. The number of aryl methyl sites for hydroxylation is 1. The number of esters is 2. The zero-order valence-electron chi connectivity index (χ0n) is 12.7. The molecule has 1 aliphatic rings. The van der Waals surface area contributed by atoms with Crippen LogP contribution in [0.1, 0.15) is 19.4 Å². The third kappa shape index (κ3) is 3.19. The summed E-state index contributed by atoms with van der Waals surface area (Å²) >= 11 is 0. The Morgan fingerprint density at radius 3 is 2.36 bits per heavy atom. The molecule has 1 aromatic carbocycles. The molecule has 0 bridgehead atoms. The molecule has 0 aromatic heterocycles. The number of hydrogen-bond acceptors (Lipinski definition) is 6. The van der Waals surface area contributed by atoms with Crippen molar-refractivity contribution in [3.63, 3.8) is 0 Å². The van der Waals surface area contributed by atoms with E-state index >= 15 is 0 Å². The van der Waals surface area contributed by atoms with Gasteiger partial charge >= 0.3 is 11.9 Å². The Morgan fingerprint density at radius 1 is 1.23 bits per heavy atom. The fourth-order valence-electron chi connectivity index (χ4n) is 1.87. The lowest BCUT2D eigenvalue weighted by molar-refractivity contribution is -0.222. The lowest BCUT2D eigenvalue weighted by Crippen LogP contribution is -2.42.